The lowest BCUT2D eigenvalue weighted by Gasteiger charge is -2.16. The molecule has 0 aliphatic carbocycles. The molecular weight excluding hydrogens is 270 g/mol. The molecule has 0 heterocycles. The van der Waals surface area contributed by atoms with E-state index < -0.39 is 12.0 Å². The number of aryl methyl sites for hydroxylation is 1. The van der Waals surface area contributed by atoms with Crippen LogP contribution in [0.25, 0.3) is 0 Å². The molecule has 2 unspecified atom stereocenters. The van der Waals surface area contributed by atoms with E-state index in [9.17, 15) is 14.7 Å². The van der Waals surface area contributed by atoms with Crippen LogP contribution in [-0.4, -0.2) is 36.7 Å². The van der Waals surface area contributed by atoms with E-state index in [-0.39, 0.29) is 18.2 Å². The second-order valence-electron chi connectivity index (χ2n) is 5.25. The van der Waals surface area contributed by atoms with Crippen LogP contribution in [0.15, 0.2) is 30.3 Å². The average molecular weight is 293 g/mol. The molecule has 116 valence electrons. The summed E-state index contributed by atoms with van der Waals surface area (Å²) < 4.78 is 4.97. The third kappa shape index (κ3) is 6.90. The zero-order chi connectivity index (χ0) is 15.7. The summed E-state index contributed by atoms with van der Waals surface area (Å²) in [6.45, 7) is 2.37. The minimum atomic E-state index is -1.00. The van der Waals surface area contributed by atoms with Gasteiger partial charge in [-0.3, -0.25) is 4.79 Å². The summed E-state index contributed by atoms with van der Waals surface area (Å²) in [6.07, 6.45) is 1.26. The molecule has 5 heteroatoms. The van der Waals surface area contributed by atoms with Gasteiger partial charge in [0.25, 0.3) is 0 Å². The van der Waals surface area contributed by atoms with Crippen LogP contribution in [0.2, 0.25) is 0 Å². The van der Waals surface area contributed by atoms with E-state index >= 15 is 0 Å². The molecule has 0 aromatic heterocycles. The molecule has 0 aliphatic heterocycles. The number of ether oxygens (including phenoxy) is 1. The second kappa shape index (κ2) is 9.13. The predicted molar refractivity (Wildman–Crippen MR) is 80.0 cm³/mol. The monoisotopic (exact) mass is 293 g/mol. The maximum Gasteiger partial charge on any atom is 0.326 e. The number of hydrogen-bond donors (Lipinski definition) is 2. The molecule has 1 rings (SSSR count). The summed E-state index contributed by atoms with van der Waals surface area (Å²) in [4.78, 5) is 23.1. The van der Waals surface area contributed by atoms with Crippen molar-refractivity contribution in [2.24, 2.45) is 5.92 Å². The van der Waals surface area contributed by atoms with Gasteiger partial charge >= 0.3 is 5.97 Å². The molecule has 1 aromatic carbocycles. The number of rotatable bonds is 9. The Labute approximate surface area is 125 Å². The Hall–Kier alpha value is -1.88. The van der Waals surface area contributed by atoms with Gasteiger partial charge in [0, 0.05) is 20.1 Å². The van der Waals surface area contributed by atoms with E-state index in [4.69, 9.17) is 4.74 Å². The normalized spacial score (nSPS) is 13.4. The van der Waals surface area contributed by atoms with Crippen LogP contribution in [0, 0.1) is 5.92 Å². The van der Waals surface area contributed by atoms with Gasteiger partial charge in [-0.2, -0.15) is 0 Å². The number of methoxy groups -OCH3 is 1. The highest BCUT2D eigenvalue weighted by Crippen LogP contribution is 2.07. The molecule has 2 N–H and O–H groups in total. The molecule has 0 radical (unpaired) electrons. The second-order valence-corrected chi connectivity index (χ2v) is 5.25. The van der Waals surface area contributed by atoms with Gasteiger partial charge in [-0.1, -0.05) is 37.3 Å². The first-order valence-electron chi connectivity index (χ1n) is 7.08. The first-order valence-corrected chi connectivity index (χ1v) is 7.08. The highest BCUT2D eigenvalue weighted by molar-refractivity contribution is 5.83. The van der Waals surface area contributed by atoms with E-state index in [1.54, 1.807) is 7.11 Å². The summed E-state index contributed by atoms with van der Waals surface area (Å²) in [5, 5.41) is 11.8. The topological polar surface area (TPSA) is 75.6 Å². The molecular formula is C16H23NO4. The molecule has 5 nitrogen and oxygen atoms in total. The highest BCUT2D eigenvalue weighted by Gasteiger charge is 2.20. The van der Waals surface area contributed by atoms with Crippen LogP contribution in [0.4, 0.5) is 0 Å². The van der Waals surface area contributed by atoms with E-state index in [0.29, 0.717) is 19.4 Å². The zero-order valence-electron chi connectivity index (χ0n) is 12.5. The van der Waals surface area contributed by atoms with Crippen LogP contribution < -0.4 is 5.32 Å². The highest BCUT2D eigenvalue weighted by atomic mass is 16.5. The Morgan fingerprint density at radius 3 is 2.52 bits per heavy atom. The molecule has 0 saturated heterocycles. The summed E-state index contributed by atoms with van der Waals surface area (Å²) in [5.41, 5.74) is 1.06. The minimum absolute atomic E-state index is 0.0681. The lowest BCUT2D eigenvalue weighted by molar-refractivity contribution is -0.142. The maximum atomic E-state index is 11.8. The van der Waals surface area contributed by atoms with Gasteiger partial charge in [-0.05, 0) is 24.3 Å². The van der Waals surface area contributed by atoms with Crippen LogP contribution in [0.5, 0.6) is 0 Å². The molecule has 0 fully saturated rings. The smallest absolute Gasteiger partial charge is 0.326 e. The largest absolute Gasteiger partial charge is 0.480 e. The average Bonchev–Trinajstić information content (AvgIpc) is 2.44. The van der Waals surface area contributed by atoms with Gasteiger partial charge in [-0.15, -0.1) is 0 Å². The van der Waals surface area contributed by atoms with Gasteiger partial charge < -0.3 is 15.2 Å². The Morgan fingerprint density at radius 1 is 1.29 bits per heavy atom. The fourth-order valence-electron chi connectivity index (χ4n) is 2.13. The van der Waals surface area contributed by atoms with Crippen molar-refractivity contribution in [1.82, 2.24) is 5.32 Å². The van der Waals surface area contributed by atoms with Gasteiger partial charge in [0.2, 0.25) is 5.91 Å². The van der Waals surface area contributed by atoms with Crippen molar-refractivity contribution < 1.29 is 19.4 Å². The van der Waals surface area contributed by atoms with Crippen LogP contribution in [0.3, 0.4) is 0 Å². The van der Waals surface area contributed by atoms with Crippen molar-refractivity contribution in [1.29, 1.82) is 0 Å². The number of benzene rings is 1. The van der Waals surface area contributed by atoms with Gasteiger partial charge in [0.1, 0.15) is 6.04 Å². The molecule has 0 saturated carbocycles. The number of carboxylic acids is 1. The fourth-order valence-corrected chi connectivity index (χ4v) is 2.13. The molecule has 1 aromatic rings. The fraction of sp³-hybridized carbons (Fsp3) is 0.500. The Kier molecular flexibility index (Phi) is 7.46. The molecule has 0 spiro atoms. The lowest BCUT2D eigenvalue weighted by atomic mass is 10.0. The quantitative estimate of drug-likeness (QED) is 0.728. The maximum absolute atomic E-state index is 11.8. The number of carboxylic acid groups (broad SMARTS) is 1. The van der Waals surface area contributed by atoms with Crippen molar-refractivity contribution in [2.45, 2.75) is 32.2 Å². The Bertz CT molecular complexity index is 447. The zero-order valence-corrected chi connectivity index (χ0v) is 12.5. The van der Waals surface area contributed by atoms with E-state index in [1.165, 1.54) is 0 Å². The Balaban J connectivity index is 2.46. The third-order valence-corrected chi connectivity index (χ3v) is 3.18. The standard InChI is InChI=1S/C16H23NO4/c1-12(11-21-2)10-15(18)17-14(16(19)20)9-8-13-6-4-3-5-7-13/h3-7,12,14H,8-11H2,1-2H3,(H,17,18)(H,19,20). The third-order valence-electron chi connectivity index (χ3n) is 3.18. The number of aliphatic carboxylic acids is 1. The molecule has 2 atom stereocenters. The van der Waals surface area contributed by atoms with Crippen molar-refractivity contribution in [3.63, 3.8) is 0 Å². The summed E-state index contributed by atoms with van der Waals surface area (Å²) in [5.74, 6) is -1.18. The number of carbonyl (C=O) groups is 2. The molecule has 0 aliphatic rings. The van der Waals surface area contributed by atoms with E-state index in [1.807, 2.05) is 37.3 Å². The number of hydrogen-bond acceptors (Lipinski definition) is 3. The minimum Gasteiger partial charge on any atom is -0.480 e. The van der Waals surface area contributed by atoms with E-state index in [2.05, 4.69) is 5.32 Å². The number of carbonyl (C=O) groups excluding carboxylic acids is 1. The van der Waals surface area contributed by atoms with Crippen LogP contribution >= 0.6 is 0 Å². The first kappa shape index (κ1) is 17.2. The SMILES string of the molecule is COCC(C)CC(=O)NC(CCc1ccccc1)C(=O)O. The van der Waals surface area contributed by atoms with Crippen molar-refractivity contribution in [3.05, 3.63) is 35.9 Å². The van der Waals surface area contributed by atoms with Gasteiger partial charge in [-0.25, -0.2) is 4.79 Å². The predicted octanol–water partition coefficient (Wildman–Crippen LogP) is 1.86. The van der Waals surface area contributed by atoms with Crippen LogP contribution in [0.1, 0.15) is 25.3 Å². The number of amides is 1. The number of nitrogens with one attached hydrogen (secondary N) is 1. The van der Waals surface area contributed by atoms with E-state index in [0.717, 1.165) is 5.56 Å². The molecule has 21 heavy (non-hydrogen) atoms. The first-order chi connectivity index (χ1) is 10.0. The summed E-state index contributed by atoms with van der Waals surface area (Å²) in [6, 6.07) is 8.78. The van der Waals surface area contributed by atoms with Crippen molar-refractivity contribution in [2.75, 3.05) is 13.7 Å². The summed E-state index contributed by atoms with van der Waals surface area (Å²) in [7, 11) is 1.58. The van der Waals surface area contributed by atoms with Crippen molar-refractivity contribution >= 4 is 11.9 Å². The van der Waals surface area contributed by atoms with Gasteiger partial charge in [0.05, 0.1) is 0 Å². The van der Waals surface area contributed by atoms with Crippen LogP contribution in [-0.2, 0) is 20.7 Å². The molecule has 0 bridgehead atoms. The Morgan fingerprint density at radius 2 is 1.95 bits per heavy atom. The van der Waals surface area contributed by atoms with Crippen molar-refractivity contribution in [3.8, 4) is 0 Å². The van der Waals surface area contributed by atoms with Gasteiger partial charge in [0.15, 0.2) is 0 Å². The lowest BCUT2D eigenvalue weighted by Crippen LogP contribution is -2.41. The summed E-state index contributed by atoms with van der Waals surface area (Å²) >= 11 is 0. The molecule has 1 amide bonds.